The van der Waals surface area contributed by atoms with Crippen LogP contribution in [0.5, 0.6) is 0 Å². The predicted octanol–water partition coefficient (Wildman–Crippen LogP) is 4.91. The first-order valence-corrected chi connectivity index (χ1v) is 6.97. The van der Waals surface area contributed by atoms with Gasteiger partial charge in [0.25, 0.3) is 0 Å². The monoisotopic (exact) mass is 270 g/mol. The summed E-state index contributed by atoms with van der Waals surface area (Å²) in [5.74, 6) is 0. The van der Waals surface area contributed by atoms with Crippen LogP contribution in [0.15, 0.2) is 72.8 Å². The topological polar surface area (TPSA) is 31.5 Å². The Balaban J connectivity index is 0.00000115. The van der Waals surface area contributed by atoms with E-state index in [0.29, 0.717) is 0 Å². The molecule has 0 aliphatic carbocycles. The molecule has 5 rings (SSSR count). The summed E-state index contributed by atoms with van der Waals surface area (Å²) in [6, 6.07) is 26.5. The Kier molecular flexibility index (Phi) is 2.41. The van der Waals surface area contributed by atoms with Gasteiger partial charge in [-0.1, -0.05) is 66.7 Å². The lowest BCUT2D eigenvalue weighted by Gasteiger charge is -2.12. The largest absolute Gasteiger partial charge is 0.412 e. The Hall–Kier alpha value is -2.64. The van der Waals surface area contributed by atoms with Crippen LogP contribution in [0.4, 0.5) is 0 Å². The average Bonchev–Trinajstić information content (AvgIpc) is 2.52. The van der Waals surface area contributed by atoms with Gasteiger partial charge in [-0.05, 0) is 49.2 Å². The molecule has 0 heterocycles. The van der Waals surface area contributed by atoms with Gasteiger partial charge >= 0.3 is 0 Å². The van der Waals surface area contributed by atoms with Gasteiger partial charge in [-0.2, -0.15) is 0 Å². The number of fused-ring (bicyclic) bond motifs is 2. The molecule has 0 unspecified atom stereocenters. The van der Waals surface area contributed by atoms with Crippen LogP contribution in [0.25, 0.3) is 43.1 Å². The van der Waals surface area contributed by atoms with E-state index in [2.05, 4.69) is 72.8 Å². The van der Waals surface area contributed by atoms with Gasteiger partial charge in [-0.25, -0.2) is 0 Å². The van der Waals surface area contributed by atoms with Gasteiger partial charge < -0.3 is 5.48 Å². The first kappa shape index (κ1) is 12.1. The molecule has 0 radical (unpaired) electrons. The molecule has 0 bridgehead atoms. The van der Waals surface area contributed by atoms with Gasteiger partial charge in [0.2, 0.25) is 0 Å². The first-order valence-electron chi connectivity index (χ1n) is 6.97. The second kappa shape index (κ2) is 4.18. The summed E-state index contributed by atoms with van der Waals surface area (Å²) < 4.78 is 0. The van der Waals surface area contributed by atoms with E-state index >= 15 is 0 Å². The summed E-state index contributed by atoms with van der Waals surface area (Å²) in [6.45, 7) is 0. The van der Waals surface area contributed by atoms with E-state index in [9.17, 15) is 0 Å². The molecule has 0 saturated heterocycles. The molecule has 0 aliphatic rings. The normalized spacial score (nSPS) is 11.4. The molecular weight excluding hydrogens is 256 g/mol. The van der Waals surface area contributed by atoms with Crippen molar-refractivity contribution >= 4 is 43.1 Å². The van der Waals surface area contributed by atoms with Gasteiger partial charge in [-0.15, -0.1) is 0 Å². The van der Waals surface area contributed by atoms with Crippen molar-refractivity contribution < 1.29 is 5.48 Å². The van der Waals surface area contributed by atoms with E-state index in [0.717, 1.165) is 0 Å². The highest BCUT2D eigenvalue weighted by Gasteiger charge is 2.09. The zero-order chi connectivity index (χ0) is 13.1. The smallest absolute Gasteiger partial charge is 0.00204 e. The molecule has 5 aromatic rings. The minimum absolute atomic E-state index is 0. The van der Waals surface area contributed by atoms with Crippen molar-refractivity contribution in [3.05, 3.63) is 72.8 Å². The van der Waals surface area contributed by atoms with Crippen molar-refractivity contribution in [1.29, 1.82) is 0 Å². The molecular formula is C20H14O. The molecule has 0 aliphatic heterocycles. The zero-order valence-corrected chi connectivity index (χ0v) is 11.4. The second-order valence-corrected chi connectivity index (χ2v) is 5.45. The molecule has 0 fully saturated rings. The molecule has 100 valence electrons. The number of benzene rings is 5. The SMILES string of the molecule is O.c1ccc2c(c1)cc1ccc3cccc4ccc2c1c34. The first-order chi connectivity index (χ1) is 9.92. The molecule has 5 aromatic carbocycles. The number of hydrogen-bond donors (Lipinski definition) is 0. The highest BCUT2D eigenvalue weighted by molar-refractivity contribution is 6.28. The zero-order valence-electron chi connectivity index (χ0n) is 11.4. The van der Waals surface area contributed by atoms with E-state index in [1.165, 1.54) is 43.1 Å². The van der Waals surface area contributed by atoms with Gasteiger partial charge in [0.1, 0.15) is 0 Å². The van der Waals surface area contributed by atoms with E-state index in [1.54, 1.807) is 0 Å². The van der Waals surface area contributed by atoms with Crippen molar-refractivity contribution in [1.82, 2.24) is 0 Å². The molecule has 0 saturated carbocycles. The van der Waals surface area contributed by atoms with Crippen molar-refractivity contribution in [3.63, 3.8) is 0 Å². The highest BCUT2D eigenvalue weighted by Crippen LogP contribution is 2.38. The van der Waals surface area contributed by atoms with E-state index in [4.69, 9.17) is 0 Å². The molecule has 1 nitrogen and oxygen atoms in total. The van der Waals surface area contributed by atoms with E-state index < -0.39 is 0 Å². The maximum absolute atomic E-state index is 2.31. The molecule has 2 N–H and O–H groups in total. The van der Waals surface area contributed by atoms with Crippen molar-refractivity contribution in [2.45, 2.75) is 0 Å². The Bertz CT molecular complexity index is 1080. The third kappa shape index (κ3) is 1.49. The Morgan fingerprint density at radius 3 is 1.95 bits per heavy atom. The van der Waals surface area contributed by atoms with Gasteiger partial charge in [-0.3, -0.25) is 0 Å². The van der Waals surface area contributed by atoms with Crippen LogP contribution in [0.3, 0.4) is 0 Å². The predicted molar refractivity (Wildman–Crippen MR) is 91.3 cm³/mol. The van der Waals surface area contributed by atoms with Crippen LogP contribution < -0.4 is 0 Å². The van der Waals surface area contributed by atoms with Crippen molar-refractivity contribution in [2.75, 3.05) is 0 Å². The fourth-order valence-electron chi connectivity index (χ4n) is 3.49. The summed E-state index contributed by atoms with van der Waals surface area (Å²) in [4.78, 5) is 0. The number of hydrogen-bond acceptors (Lipinski definition) is 0. The molecule has 0 aromatic heterocycles. The lowest BCUT2D eigenvalue weighted by molar-refractivity contribution is 0.824. The standard InChI is InChI=1S/C20H12.H2O/c1-2-7-17-15(4-1)12-16-9-8-13-5-3-6-14-10-11-18(17)20(16)19(13)14;/h1-12H;1H2. The Morgan fingerprint density at radius 1 is 0.429 bits per heavy atom. The molecule has 0 spiro atoms. The van der Waals surface area contributed by atoms with Crippen LogP contribution in [0.2, 0.25) is 0 Å². The van der Waals surface area contributed by atoms with Crippen LogP contribution in [-0.2, 0) is 0 Å². The third-order valence-electron chi connectivity index (χ3n) is 4.37. The van der Waals surface area contributed by atoms with Crippen LogP contribution in [0.1, 0.15) is 0 Å². The minimum atomic E-state index is 0. The minimum Gasteiger partial charge on any atom is -0.412 e. The van der Waals surface area contributed by atoms with Crippen LogP contribution in [0, 0.1) is 0 Å². The third-order valence-corrected chi connectivity index (χ3v) is 4.37. The molecule has 21 heavy (non-hydrogen) atoms. The summed E-state index contributed by atoms with van der Waals surface area (Å²) in [5.41, 5.74) is 0. The maximum Gasteiger partial charge on any atom is -0.00204 e. The number of rotatable bonds is 0. The van der Waals surface area contributed by atoms with Crippen molar-refractivity contribution in [3.8, 4) is 0 Å². The fourth-order valence-corrected chi connectivity index (χ4v) is 3.49. The molecule has 1 heteroatoms. The van der Waals surface area contributed by atoms with Gasteiger partial charge in [0.05, 0.1) is 0 Å². The lowest BCUT2D eigenvalue weighted by atomic mass is 9.91. The summed E-state index contributed by atoms with van der Waals surface area (Å²) in [7, 11) is 0. The van der Waals surface area contributed by atoms with Gasteiger partial charge in [0, 0.05) is 0 Å². The van der Waals surface area contributed by atoms with Gasteiger partial charge in [0.15, 0.2) is 0 Å². The Morgan fingerprint density at radius 2 is 1.10 bits per heavy atom. The lowest BCUT2D eigenvalue weighted by Crippen LogP contribution is -1.85. The van der Waals surface area contributed by atoms with Crippen LogP contribution >= 0.6 is 0 Å². The molecule has 0 amide bonds. The van der Waals surface area contributed by atoms with E-state index in [1.807, 2.05) is 0 Å². The summed E-state index contributed by atoms with van der Waals surface area (Å²) in [5, 5.41) is 10.8. The summed E-state index contributed by atoms with van der Waals surface area (Å²) in [6.07, 6.45) is 0. The van der Waals surface area contributed by atoms with E-state index in [-0.39, 0.29) is 5.48 Å². The fraction of sp³-hybridized carbons (Fsp3) is 0. The quantitative estimate of drug-likeness (QED) is 0.283. The maximum atomic E-state index is 2.31. The average molecular weight is 270 g/mol. The summed E-state index contributed by atoms with van der Waals surface area (Å²) >= 11 is 0. The van der Waals surface area contributed by atoms with Crippen molar-refractivity contribution in [2.24, 2.45) is 0 Å². The highest BCUT2D eigenvalue weighted by atomic mass is 16.0. The molecule has 0 atom stereocenters. The van der Waals surface area contributed by atoms with Crippen LogP contribution in [-0.4, -0.2) is 5.48 Å². The Labute approximate surface area is 122 Å². The second-order valence-electron chi connectivity index (χ2n) is 5.45.